The van der Waals surface area contributed by atoms with E-state index in [4.69, 9.17) is 5.11 Å². The molecule has 142 valence electrons. The Kier molecular flexibility index (Phi) is 4.93. The van der Waals surface area contributed by atoms with Crippen LogP contribution in [0.2, 0.25) is 0 Å². The fourth-order valence-electron chi connectivity index (χ4n) is 3.11. The summed E-state index contributed by atoms with van der Waals surface area (Å²) in [5.41, 5.74) is 2.70. The molecule has 8 heteroatoms. The molecular weight excluding hydrogens is 368 g/mol. The summed E-state index contributed by atoms with van der Waals surface area (Å²) in [6, 6.07) is 9.46. The number of carbonyl (C=O) groups is 2. The largest absolute Gasteiger partial charge is 0.478 e. The van der Waals surface area contributed by atoms with Gasteiger partial charge in [0.2, 0.25) is 10.0 Å². The van der Waals surface area contributed by atoms with Gasteiger partial charge in [0.05, 0.1) is 17.0 Å². The van der Waals surface area contributed by atoms with E-state index in [0.717, 1.165) is 5.56 Å². The lowest BCUT2D eigenvalue weighted by Crippen LogP contribution is -2.26. The number of aryl methyl sites for hydroxylation is 2. The molecule has 1 aliphatic rings. The highest BCUT2D eigenvalue weighted by atomic mass is 32.2. The number of amides is 1. The molecule has 1 saturated heterocycles. The van der Waals surface area contributed by atoms with Gasteiger partial charge >= 0.3 is 5.97 Å². The third-order valence-corrected chi connectivity index (χ3v) is 6.28. The second-order valence-corrected chi connectivity index (χ2v) is 8.60. The molecule has 2 N–H and O–H groups in total. The quantitative estimate of drug-likeness (QED) is 0.838. The smallest absolute Gasteiger partial charge is 0.335 e. The van der Waals surface area contributed by atoms with E-state index in [0.29, 0.717) is 29.9 Å². The van der Waals surface area contributed by atoms with Gasteiger partial charge in [-0.2, -0.15) is 0 Å². The Bertz CT molecular complexity index is 1030. The zero-order valence-corrected chi connectivity index (χ0v) is 15.8. The van der Waals surface area contributed by atoms with E-state index in [1.54, 1.807) is 31.2 Å². The topological polar surface area (TPSA) is 104 Å². The van der Waals surface area contributed by atoms with Crippen LogP contribution in [0.25, 0.3) is 0 Å². The van der Waals surface area contributed by atoms with Crippen LogP contribution in [-0.2, 0) is 10.0 Å². The molecule has 1 aliphatic heterocycles. The second-order valence-electron chi connectivity index (χ2n) is 6.59. The van der Waals surface area contributed by atoms with Crippen molar-refractivity contribution in [2.45, 2.75) is 20.3 Å². The number of carboxylic acid groups (broad SMARTS) is 1. The summed E-state index contributed by atoms with van der Waals surface area (Å²) in [6.45, 7) is 3.94. The van der Waals surface area contributed by atoms with E-state index in [1.165, 1.54) is 16.4 Å². The molecule has 2 aromatic rings. The number of aromatic carboxylic acids is 1. The van der Waals surface area contributed by atoms with Gasteiger partial charge in [-0.15, -0.1) is 0 Å². The summed E-state index contributed by atoms with van der Waals surface area (Å²) in [5, 5.41) is 11.9. The van der Waals surface area contributed by atoms with Crippen molar-refractivity contribution in [3.05, 3.63) is 58.7 Å². The Balaban J connectivity index is 1.89. The maximum Gasteiger partial charge on any atom is 0.335 e. The molecule has 1 amide bonds. The van der Waals surface area contributed by atoms with E-state index in [-0.39, 0.29) is 16.9 Å². The lowest BCUT2D eigenvalue weighted by molar-refractivity contribution is 0.0696. The minimum atomic E-state index is -3.33. The van der Waals surface area contributed by atoms with Crippen molar-refractivity contribution < 1.29 is 23.1 Å². The van der Waals surface area contributed by atoms with E-state index in [2.05, 4.69) is 5.32 Å². The monoisotopic (exact) mass is 388 g/mol. The second kappa shape index (κ2) is 7.03. The number of benzene rings is 2. The maximum absolute atomic E-state index is 12.6. The Morgan fingerprint density at radius 1 is 1.07 bits per heavy atom. The van der Waals surface area contributed by atoms with Gasteiger partial charge in [0.25, 0.3) is 5.91 Å². The predicted molar refractivity (Wildman–Crippen MR) is 103 cm³/mol. The van der Waals surface area contributed by atoms with Crippen LogP contribution in [-0.4, -0.2) is 37.7 Å². The van der Waals surface area contributed by atoms with Crippen LogP contribution in [0.15, 0.2) is 36.4 Å². The summed E-state index contributed by atoms with van der Waals surface area (Å²) in [5.74, 6) is -1.45. The third kappa shape index (κ3) is 3.95. The molecule has 27 heavy (non-hydrogen) atoms. The van der Waals surface area contributed by atoms with Gasteiger partial charge in [-0.3, -0.25) is 9.10 Å². The predicted octanol–water partition coefficient (Wildman–Crippen LogP) is 2.79. The summed E-state index contributed by atoms with van der Waals surface area (Å²) in [4.78, 5) is 23.7. The molecule has 7 nitrogen and oxygen atoms in total. The van der Waals surface area contributed by atoms with Crippen molar-refractivity contribution in [1.29, 1.82) is 0 Å². The lowest BCUT2D eigenvalue weighted by atomic mass is 10.1. The highest BCUT2D eigenvalue weighted by molar-refractivity contribution is 7.93. The maximum atomic E-state index is 12.6. The van der Waals surface area contributed by atoms with Crippen LogP contribution in [0.4, 0.5) is 11.4 Å². The number of carbonyl (C=O) groups excluding carboxylic acids is 1. The third-order valence-electron chi connectivity index (χ3n) is 4.42. The normalized spacial score (nSPS) is 15.6. The van der Waals surface area contributed by atoms with Crippen LogP contribution in [0, 0.1) is 13.8 Å². The highest BCUT2D eigenvalue weighted by Gasteiger charge is 2.29. The fraction of sp³-hybridized carbons (Fsp3) is 0.263. The molecular formula is C19H20N2O5S. The van der Waals surface area contributed by atoms with Crippen LogP contribution in [0.3, 0.4) is 0 Å². The van der Waals surface area contributed by atoms with Crippen LogP contribution >= 0.6 is 0 Å². The summed E-state index contributed by atoms with van der Waals surface area (Å²) >= 11 is 0. The zero-order chi connectivity index (χ0) is 19.8. The van der Waals surface area contributed by atoms with Crippen LogP contribution in [0.1, 0.15) is 38.3 Å². The minimum absolute atomic E-state index is 0.0351. The summed E-state index contributed by atoms with van der Waals surface area (Å²) in [7, 11) is -3.33. The van der Waals surface area contributed by atoms with Crippen molar-refractivity contribution in [2.75, 3.05) is 21.9 Å². The van der Waals surface area contributed by atoms with Crippen LogP contribution in [0.5, 0.6) is 0 Å². The molecule has 1 fully saturated rings. The first-order valence-corrected chi connectivity index (χ1v) is 10.1. The van der Waals surface area contributed by atoms with Gasteiger partial charge in [-0.1, -0.05) is 6.07 Å². The molecule has 0 unspecified atom stereocenters. The van der Waals surface area contributed by atoms with E-state index in [9.17, 15) is 18.0 Å². The number of carboxylic acids is 1. The molecule has 1 heterocycles. The average molecular weight is 388 g/mol. The molecule has 2 aromatic carbocycles. The number of nitrogens with one attached hydrogen (secondary N) is 1. The molecule has 0 atom stereocenters. The Labute approximate surface area is 157 Å². The van der Waals surface area contributed by atoms with Crippen molar-refractivity contribution in [3.8, 4) is 0 Å². The number of sulfonamides is 1. The minimum Gasteiger partial charge on any atom is -0.478 e. The van der Waals surface area contributed by atoms with Crippen molar-refractivity contribution >= 4 is 33.3 Å². The Morgan fingerprint density at radius 3 is 2.41 bits per heavy atom. The highest BCUT2D eigenvalue weighted by Crippen LogP contribution is 2.30. The summed E-state index contributed by atoms with van der Waals surface area (Å²) in [6.07, 6.45) is 0.569. The number of hydrogen-bond acceptors (Lipinski definition) is 4. The summed E-state index contributed by atoms with van der Waals surface area (Å²) < 4.78 is 25.8. The van der Waals surface area contributed by atoms with Gasteiger partial charge in [-0.05, 0) is 61.7 Å². The Morgan fingerprint density at radius 2 is 1.78 bits per heavy atom. The number of rotatable bonds is 4. The first kappa shape index (κ1) is 18.9. The van der Waals surface area contributed by atoms with Crippen molar-refractivity contribution in [3.63, 3.8) is 0 Å². The molecule has 0 spiro atoms. The zero-order valence-electron chi connectivity index (χ0n) is 15.0. The van der Waals surface area contributed by atoms with Gasteiger partial charge in [0.15, 0.2) is 0 Å². The Hall–Kier alpha value is -2.87. The van der Waals surface area contributed by atoms with Gasteiger partial charge in [-0.25, -0.2) is 13.2 Å². The van der Waals surface area contributed by atoms with Crippen molar-refractivity contribution in [1.82, 2.24) is 0 Å². The van der Waals surface area contributed by atoms with Gasteiger partial charge in [0, 0.05) is 17.8 Å². The number of anilines is 2. The molecule has 0 bridgehead atoms. The first-order chi connectivity index (χ1) is 12.7. The fourth-order valence-corrected chi connectivity index (χ4v) is 4.72. The van der Waals surface area contributed by atoms with E-state index < -0.39 is 21.9 Å². The van der Waals surface area contributed by atoms with E-state index in [1.807, 2.05) is 6.92 Å². The number of hydrogen-bond donors (Lipinski definition) is 2. The van der Waals surface area contributed by atoms with Gasteiger partial charge in [0.1, 0.15) is 0 Å². The van der Waals surface area contributed by atoms with E-state index >= 15 is 0 Å². The van der Waals surface area contributed by atoms with Crippen molar-refractivity contribution in [2.24, 2.45) is 0 Å². The molecule has 3 rings (SSSR count). The lowest BCUT2D eigenvalue weighted by Gasteiger charge is -2.20. The standard InChI is InChI=1S/C19H20N2O5S/c1-12-8-14(10-15(9-12)19(23)24)18(22)20-16-5-4-13(2)17(11-16)21-6-3-7-27(21,25)26/h4-5,8-11H,3,6-7H2,1-2H3,(H,20,22)(H,23,24). The molecule has 0 aliphatic carbocycles. The van der Waals surface area contributed by atoms with Crippen LogP contribution < -0.4 is 9.62 Å². The average Bonchev–Trinajstić information content (AvgIpc) is 2.95. The number of nitrogens with zero attached hydrogens (tertiary/aromatic N) is 1. The SMILES string of the molecule is Cc1cc(C(=O)O)cc(C(=O)Nc2ccc(C)c(N3CCCS3(=O)=O)c2)c1. The van der Waals surface area contributed by atoms with Gasteiger partial charge < -0.3 is 10.4 Å². The first-order valence-electron chi connectivity index (χ1n) is 8.45. The molecule has 0 radical (unpaired) electrons. The molecule has 0 saturated carbocycles. The molecule has 0 aromatic heterocycles.